The van der Waals surface area contributed by atoms with Crippen LogP contribution in [0.1, 0.15) is 12.8 Å². The number of aromatic hydroxyl groups is 1. The van der Waals surface area contributed by atoms with Crippen molar-refractivity contribution in [3.63, 3.8) is 0 Å². The lowest BCUT2D eigenvalue weighted by Crippen LogP contribution is -2.27. The van der Waals surface area contributed by atoms with Crippen molar-refractivity contribution in [2.24, 2.45) is 0 Å². The second kappa shape index (κ2) is 4.21. The van der Waals surface area contributed by atoms with Crippen LogP contribution in [-0.4, -0.2) is 14.5 Å². The monoisotopic (exact) mass is 264 g/mol. The van der Waals surface area contributed by atoms with Crippen LogP contribution in [0.2, 0.25) is 5.02 Å². The Morgan fingerprint density at radius 3 is 2.28 bits per heavy atom. The van der Waals surface area contributed by atoms with Gasteiger partial charge in [-0.25, -0.2) is 4.68 Å². The number of aromatic nitrogens is 2. The number of halogens is 1. The van der Waals surface area contributed by atoms with Gasteiger partial charge in [-0.1, -0.05) is 23.7 Å². The first-order valence-electron chi connectivity index (χ1n) is 5.97. The van der Waals surface area contributed by atoms with Crippen LogP contribution in [0.5, 0.6) is 5.88 Å². The van der Waals surface area contributed by atoms with E-state index in [0.29, 0.717) is 29.2 Å². The second-order valence-corrected chi connectivity index (χ2v) is 4.90. The molecule has 0 bridgehead atoms. The van der Waals surface area contributed by atoms with Gasteiger partial charge in [-0.2, -0.15) is 0 Å². The summed E-state index contributed by atoms with van der Waals surface area (Å²) in [7, 11) is 0. The van der Waals surface area contributed by atoms with Gasteiger partial charge in [0.1, 0.15) is 5.56 Å². The molecule has 1 aliphatic heterocycles. The molecule has 94 valence electrons. The van der Waals surface area contributed by atoms with Gasteiger partial charge >= 0.3 is 0 Å². The molecule has 0 saturated carbocycles. The average Bonchev–Trinajstić information content (AvgIpc) is 2.64. The van der Waals surface area contributed by atoms with Gasteiger partial charge in [-0.3, -0.25) is 9.48 Å². The normalized spacial score (nSPS) is 14.5. The lowest BCUT2D eigenvalue weighted by atomic mass is 10.1. The van der Waals surface area contributed by atoms with Crippen molar-refractivity contribution in [1.29, 1.82) is 0 Å². The Balaban J connectivity index is 2.21. The van der Waals surface area contributed by atoms with E-state index in [-0.39, 0.29) is 11.4 Å². The van der Waals surface area contributed by atoms with E-state index >= 15 is 0 Å². The summed E-state index contributed by atoms with van der Waals surface area (Å²) in [5.74, 6) is 0.0574. The molecule has 3 rings (SSSR count). The van der Waals surface area contributed by atoms with Crippen LogP contribution in [-0.2, 0) is 13.1 Å². The van der Waals surface area contributed by atoms with Gasteiger partial charge in [0.25, 0.3) is 5.56 Å². The van der Waals surface area contributed by atoms with Crippen molar-refractivity contribution in [2.45, 2.75) is 25.9 Å². The molecule has 18 heavy (non-hydrogen) atoms. The predicted molar refractivity (Wildman–Crippen MR) is 70.0 cm³/mol. The molecule has 0 unspecified atom stereocenters. The van der Waals surface area contributed by atoms with Gasteiger partial charge in [0.05, 0.1) is 0 Å². The highest BCUT2D eigenvalue weighted by Gasteiger charge is 2.22. The van der Waals surface area contributed by atoms with E-state index < -0.39 is 0 Å². The molecule has 4 nitrogen and oxygen atoms in total. The first-order valence-corrected chi connectivity index (χ1v) is 6.35. The molecule has 0 radical (unpaired) electrons. The van der Waals surface area contributed by atoms with Crippen molar-refractivity contribution in [3.05, 3.63) is 39.6 Å². The Bertz CT molecular complexity index is 640. The van der Waals surface area contributed by atoms with E-state index in [9.17, 15) is 9.90 Å². The first-order chi connectivity index (χ1) is 8.68. The molecule has 2 heterocycles. The zero-order valence-corrected chi connectivity index (χ0v) is 10.5. The van der Waals surface area contributed by atoms with Gasteiger partial charge in [0.2, 0.25) is 5.88 Å². The third kappa shape index (κ3) is 1.64. The largest absolute Gasteiger partial charge is 0.493 e. The van der Waals surface area contributed by atoms with E-state index in [1.807, 2.05) is 0 Å². The smallest absolute Gasteiger partial charge is 0.278 e. The van der Waals surface area contributed by atoms with Crippen molar-refractivity contribution in [3.8, 4) is 17.0 Å². The molecule has 1 aromatic heterocycles. The number of rotatable bonds is 1. The van der Waals surface area contributed by atoms with E-state index in [0.717, 1.165) is 12.8 Å². The van der Waals surface area contributed by atoms with Gasteiger partial charge in [0, 0.05) is 18.1 Å². The Hall–Kier alpha value is -1.68. The highest BCUT2D eigenvalue weighted by Crippen LogP contribution is 2.29. The Kier molecular flexibility index (Phi) is 2.67. The van der Waals surface area contributed by atoms with E-state index in [1.54, 1.807) is 33.6 Å². The van der Waals surface area contributed by atoms with Crippen LogP contribution in [0.3, 0.4) is 0 Å². The molecular formula is C13H13ClN2O2. The third-order valence-corrected chi connectivity index (χ3v) is 3.58. The first kappa shape index (κ1) is 11.4. The highest BCUT2D eigenvalue weighted by atomic mass is 35.5. The summed E-state index contributed by atoms with van der Waals surface area (Å²) < 4.78 is 3.28. The summed E-state index contributed by atoms with van der Waals surface area (Å²) in [6.07, 6.45) is 1.96. The second-order valence-electron chi connectivity index (χ2n) is 4.46. The minimum absolute atomic E-state index is 0.0574. The van der Waals surface area contributed by atoms with Crippen LogP contribution >= 0.6 is 11.6 Å². The van der Waals surface area contributed by atoms with E-state index in [1.165, 1.54) is 0 Å². The topological polar surface area (TPSA) is 47.2 Å². The maximum absolute atomic E-state index is 12.3. The Labute approximate surface area is 109 Å². The maximum atomic E-state index is 12.3. The van der Waals surface area contributed by atoms with Crippen LogP contribution in [0.15, 0.2) is 29.1 Å². The van der Waals surface area contributed by atoms with Crippen molar-refractivity contribution >= 4 is 11.6 Å². The number of hydrogen-bond donors (Lipinski definition) is 1. The van der Waals surface area contributed by atoms with Crippen molar-refractivity contribution in [1.82, 2.24) is 9.36 Å². The molecule has 1 aromatic carbocycles. The fraction of sp³-hybridized carbons (Fsp3) is 0.308. The number of hydrogen-bond acceptors (Lipinski definition) is 2. The summed E-state index contributed by atoms with van der Waals surface area (Å²) in [6.45, 7) is 1.36. The molecule has 0 amide bonds. The Morgan fingerprint density at radius 2 is 1.67 bits per heavy atom. The van der Waals surface area contributed by atoms with Gasteiger partial charge < -0.3 is 5.11 Å². The summed E-state index contributed by atoms with van der Waals surface area (Å²) in [5.41, 5.74) is 0.944. The highest BCUT2D eigenvalue weighted by molar-refractivity contribution is 6.30. The number of benzene rings is 1. The summed E-state index contributed by atoms with van der Waals surface area (Å²) in [5, 5.41) is 10.8. The number of fused-ring (bicyclic) bond motifs is 1. The summed E-state index contributed by atoms with van der Waals surface area (Å²) in [4.78, 5) is 12.3. The average molecular weight is 265 g/mol. The molecule has 0 atom stereocenters. The van der Waals surface area contributed by atoms with Crippen LogP contribution in [0.4, 0.5) is 0 Å². The number of nitrogens with zero attached hydrogens (tertiary/aromatic N) is 2. The van der Waals surface area contributed by atoms with Crippen LogP contribution in [0, 0.1) is 0 Å². The van der Waals surface area contributed by atoms with Gasteiger partial charge in [-0.15, -0.1) is 0 Å². The molecule has 2 aromatic rings. The zero-order valence-electron chi connectivity index (χ0n) is 9.77. The SMILES string of the molecule is O=c1c(-c2ccc(Cl)cc2)c(O)n2n1CCCC2. The van der Waals surface area contributed by atoms with Crippen molar-refractivity contribution < 1.29 is 5.11 Å². The van der Waals surface area contributed by atoms with Gasteiger partial charge in [0.15, 0.2) is 0 Å². The minimum Gasteiger partial charge on any atom is -0.493 e. The fourth-order valence-electron chi connectivity index (χ4n) is 2.42. The molecule has 0 aliphatic carbocycles. The minimum atomic E-state index is -0.130. The van der Waals surface area contributed by atoms with Crippen LogP contribution < -0.4 is 5.56 Å². The fourth-order valence-corrected chi connectivity index (χ4v) is 2.54. The molecule has 5 heteroatoms. The quantitative estimate of drug-likeness (QED) is 0.860. The standard InChI is InChI=1S/C13H13ClN2O2/c14-10-5-3-9(4-6-10)11-12(17)15-7-1-2-8-16(15)13(11)18/h3-6,17H,1-2,7-8H2. The van der Waals surface area contributed by atoms with E-state index in [4.69, 9.17) is 11.6 Å². The third-order valence-electron chi connectivity index (χ3n) is 3.33. The molecule has 0 spiro atoms. The predicted octanol–water partition coefficient (Wildman–Crippen LogP) is 2.47. The molecule has 0 saturated heterocycles. The molecular weight excluding hydrogens is 252 g/mol. The molecule has 0 fully saturated rings. The lowest BCUT2D eigenvalue weighted by molar-refractivity contribution is 0.305. The van der Waals surface area contributed by atoms with Crippen molar-refractivity contribution in [2.75, 3.05) is 0 Å². The molecule has 1 aliphatic rings. The Morgan fingerprint density at radius 1 is 1.06 bits per heavy atom. The summed E-state index contributed by atoms with van der Waals surface area (Å²) in [6, 6.07) is 6.95. The van der Waals surface area contributed by atoms with Crippen LogP contribution in [0.25, 0.3) is 11.1 Å². The zero-order chi connectivity index (χ0) is 12.7. The van der Waals surface area contributed by atoms with Gasteiger partial charge in [-0.05, 0) is 30.5 Å². The molecule has 1 N–H and O–H groups in total. The lowest BCUT2D eigenvalue weighted by Gasteiger charge is -2.16. The van der Waals surface area contributed by atoms with E-state index in [2.05, 4.69) is 0 Å². The maximum Gasteiger partial charge on any atom is 0.278 e. The summed E-state index contributed by atoms with van der Waals surface area (Å²) >= 11 is 5.83.